The Bertz CT molecular complexity index is 671. The molecular formula is C12H6ClF3N2O2. The third-order valence-corrected chi connectivity index (χ3v) is 2.63. The number of halogens is 4. The smallest absolute Gasteiger partial charge is 0.337 e. The zero-order chi connectivity index (χ0) is 14.9. The number of carbonyl (C=O) groups is 1. The fourth-order valence-corrected chi connectivity index (χ4v) is 1.64. The van der Waals surface area contributed by atoms with E-state index in [1.807, 2.05) is 0 Å². The molecule has 2 N–H and O–H groups in total. The number of rotatable bonds is 3. The number of nitrogens with one attached hydrogen (secondary N) is 1. The van der Waals surface area contributed by atoms with Gasteiger partial charge in [-0.05, 0) is 6.07 Å². The van der Waals surface area contributed by atoms with Crippen molar-refractivity contribution in [2.24, 2.45) is 0 Å². The highest BCUT2D eigenvalue weighted by Gasteiger charge is 2.15. The van der Waals surface area contributed by atoms with Crippen LogP contribution in [-0.4, -0.2) is 16.1 Å². The van der Waals surface area contributed by atoms with Crippen LogP contribution >= 0.6 is 11.6 Å². The van der Waals surface area contributed by atoms with Gasteiger partial charge >= 0.3 is 5.97 Å². The zero-order valence-electron chi connectivity index (χ0n) is 9.62. The van der Waals surface area contributed by atoms with Crippen molar-refractivity contribution in [1.82, 2.24) is 4.98 Å². The Morgan fingerprint density at radius 1 is 1.20 bits per heavy atom. The Hall–Kier alpha value is -2.28. The van der Waals surface area contributed by atoms with E-state index in [0.717, 1.165) is 12.3 Å². The zero-order valence-corrected chi connectivity index (χ0v) is 10.4. The monoisotopic (exact) mass is 302 g/mol. The minimum atomic E-state index is -1.25. The minimum absolute atomic E-state index is 0.145. The lowest BCUT2D eigenvalue weighted by Gasteiger charge is -2.10. The highest BCUT2D eigenvalue weighted by Crippen LogP contribution is 2.28. The molecule has 0 fully saturated rings. The van der Waals surface area contributed by atoms with Crippen LogP contribution < -0.4 is 5.32 Å². The van der Waals surface area contributed by atoms with Crippen molar-refractivity contribution < 1.29 is 23.1 Å². The van der Waals surface area contributed by atoms with Crippen LogP contribution in [0.4, 0.5) is 24.7 Å². The summed E-state index contributed by atoms with van der Waals surface area (Å²) in [6, 6.07) is 2.05. The number of carboxylic acid groups (broad SMARTS) is 1. The molecule has 0 aliphatic rings. The van der Waals surface area contributed by atoms with Crippen LogP contribution in [0.2, 0.25) is 5.02 Å². The number of hydrogen-bond acceptors (Lipinski definition) is 3. The van der Waals surface area contributed by atoms with Crippen LogP contribution in [0, 0.1) is 17.5 Å². The fourth-order valence-electron chi connectivity index (χ4n) is 1.43. The number of pyridine rings is 1. The Kier molecular flexibility index (Phi) is 3.80. The molecule has 1 aromatic heterocycles. The first-order valence-electron chi connectivity index (χ1n) is 5.19. The Balaban J connectivity index is 2.38. The van der Waals surface area contributed by atoms with Gasteiger partial charge in [0.1, 0.15) is 17.3 Å². The Labute approximate surface area is 115 Å². The first-order valence-corrected chi connectivity index (χ1v) is 5.56. The Morgan fingerprint density at radius 3 is 2.30 bits per heavy atom. The summed E-state index contributed by atoms with van der Waals surface area (Å²) in [6.07, 6.45) is 0.968. The van der Waals surface area contributed by atoms with Gasteiger partial charge in [-0.25, -0.2) is 22.9 Å². The summed E-state index contributed by atoms with van der Waals surface area (Å²) in [7, 11) is 0. The molecule has 0 atom stereocenters. The Morgan fingerprint density at radius 2 is 1.80 bits per heavy atom. The van der Waals surface area contributed by atoms with Crippen molar-refractivity contribution in [3.63, 3.8) is 0 Å². The number of benzene rings is 1. The van der Waals surface area contributed by atoms with Gasteiger partial charge in [0.05, 0.1) is 10.6 Å². The molecule has 0 spiro atoms. The van der Waals surface area contributed by atoms with Crippen LogP contribution in [0.1, 0.15) is 10.4 Å². The van der Waals surface area contributed by atoms with Crippen molar-refractivity contribution in [3.8, 4) is 0 Å². The summed E-state index contributed by atoms with van der Waals surface area (Å²) in [5.41, 5.74) is -0.815. The third-order valence-electron chi connectivity index (χ3n) is 2.34. The molecule has 20 heavy (non-hydrogen) atoms. The number of aromatic nitrogens is 1. The van der Waals surface area contributed by atoms with E-state index >= 15 is 0 Å². The molecule has 4 nitrogen and oxygen atoms in total. The van der Waals surface area contributed by atoms with Crippen LogP contribution in [0.5, 0.6) is 0 Å². The highest BCUT2D eigenvalue weighted by molar-refractivity contribution is 6.33. The largest absolute Gasteiger partial charge is 0.478 e. The van der Waals surface area contributed by atoms with E-state index in [2.05, 4.69) is 10.3 Å². The molecule has 0 saturated heterocycles. The quantitative estimate of drug-likeness (QED) is 0.909. The van der Waals surface area contributed by atoms with Gasteiger partial charge in [-0.3, -0.25) is 0 Å². The van der Waals surface area contributed by atoms with E-state index < -0.39 is 29.1 Å². The summed E-state index contributed by atoms with van der Waals surface area (Å²) in [5, 5.41) is 10.8. The van der Waals surface area contributed by atoms with Crippen molar-refractivity contribution >= 4 is 29.1 Å². The van der Waals surface area contributed by atoms with E-state index in [-0.39, 0.29) is 16.4 Å². The summed E-state index contributed by atoms with van der Waals surface area (Å²) in [5.74, 6) is -4.79. The first-order chi connectivity index (χ1) is 9.38. The second-order valence-corrected chi connectivity index (χ2v) is 4.14. The van der Waals surface area contributed by atoms with E-state index in [4.69, 9.17) is 16.7 Å². The molecule has 1 heterocycles. The average molecular weight is 303 g/mol. The third kappa shape index (κ3) is 2.83. The predicted octanol–water partition coefficient (Wildman–Crippen LogP) is 3.59. The predicted molar refractivity (Wildman–Crippen MR) is 65.8 cm³/mol. The topological polar surface area (TPSA) is 62.2 Å². The molecule has 0 amide bonds. The lowest BCUT2D eigenvalue weighted by molar-refractivity contribution is 0.0696. The molecule has 0 aliphatic carbocycles. The van der Waals surface area contributed by atoms with Crippen LogP contribution in [0.25, 0.3) is 0 Å². The normalized spacial score (nSPS) is 10.4. The molecule has 0 bridgehead atoms. The molecule has 0 radical (unpaired) electrons. The number of carboxylic acids is 1. The van der Waals surface area contributed by atoms with E-state index in [9.17, 15) is 18.0 Å². The second kappa shape index (κ2) is 5.38. The standard InChI is InChI=1S/C12H6ClF3N2O2/c13-7-1-5(12(19)20)4-17-11(7)18-10-8(15)2-6(14)3-9(10)16/h1-4H,(H,17,18)(H,19,20). The molecule has 2 aromatic rings. The number of aromatic carboxylic acids is 1. The van der Waals surface area contributed by atoms with Crippen molar-refractivity contribution in [1.29, 1.82) is 0 Å². The fraction of sp³-hybridized carbons (Fsp3) is 0. The molecule has 2 rings (SSSR count). The molecule has 8 heteroatoms. The van der Waals surface area contributed by atoms with E-state index in [1.54, 1.807) is 0 Å². The number of nitrogens with zero attached hydrogens (tertiary/aromatic N) is 1. The van der Waals surface area contributed by atoms with Crippen molar-refractivity contribution in [2.75, 3.05) is 5.32 Å². The second-order valence-electron chi connectivity index (χ2n) is 3.73. The van der Waals surface area contributed by atoms with Gasteiger partial charge in [-0.15, -0.1) is 0 Å². The lowest BCUT2D eigenvalue weighted by atomic mass is 10.2. The molecule has 0 unspecified atom stereocenters. The molecule has 0 saturated carbocycles. The minimum Gasteiger partial charge on any atom is -0.478 e. The van der Waals surface area contributed by atoms with Gasteiger partial charge in [-0.2, -0.15) is 0 Å². The van der Waals surface area contributed by atoms with E-state index in [0.29, 0.717) is 12.1 Å². The summed E-state index contributed by atoms with van der Waals surface area (Å²) >= 11 is 5.75. The molecule has 1 aromatic carbocycles. The summed E-state index contributed by atoms with van der Waals surface area (Å²) < 4.78 is 39.6. The molecule has 0 aliphatic heterocycles. The summed E-state index contributed by atoms with van der Waals surface area (Å²) in [4.78, 5) is 14.3. The number of hydrogen-bond donors (Lipinski definition) is 2. The van der Waals surface area contributed by atoms with Gasteiger partial charge in [0, 0.05) is 18.3 Å². The van der Waals surface area contributed by atoms with Gasteiger partial charge in [0.25, 0.3) is 0 Å². The van der Waals surface area contributed by atoms with E-state index in [1.165, 1.54) is 0 Å². The lowest BCUT2D eigenvalue weighted by Crippen LogP contribution is -2.03. The van der Waals surface area contributed by atoms with Gasteiger partial charge in [0.15, 0.2) is 11.6 Å². The summed E-state index contributed by atoms with van der Waals surface area (Å²) in [6.45, 7) is 0. The maximum absolute atomic E-state index is 13.4. The maximum atomic E-state index is 13.4. The van der Waals surface area contributed by atoms with Crippen LogP contribution in [-0.2, 0) is 0 Å². The first kappa shape index (κ1) is 14.1. The van der Waals surface area contributed by atoms with Crippen molar-refractivity contribution in [2.45, 2.75) is 0 Å². The molecular weight excluding hydrogens is 297 g/mol. The maximum Gasteiger partial charge on any atom is 0.337 e. The van der Waals surface area contributed by atoms with Crippen molar-refractivity contribution in [3.05, 3.63) is 52.4 Å². The van der Waals surface area contributed by atoms with Gasteiger partial charge < -0.3 is 10.4 Å². The molecule has 104 valence electrons. The highest BCUT2D eigenvalue weighted by atomic mass is 35.5. The number of anilines is 2. The SMILES string of the molecule is O=C(O)c1cnc(Nc2c(F)cc(F)cc2F)c(Cl)c1. The van der Waals surface area contributed by atoms with Crippen LogP contribution in [0.3, 0.4) is 0 Å². The van der Waals surface area contributed by atoms with Crippen LogP contribution in [0.15, 0.2) is 24.4 Å². The van der Waals surface area contributed by atoms with Gasteiger partial charge in [0.2, 0.25) is 0 Å². The average Bonchev–Trinajstić information content (AvgIpc) is 2.34. The van der Waals surface area contributed by atoms with Gasteiger partial charge in [-0.1, -0.05) is 11.6 Å².